The predicted octanol–water partition coefficient (Wildman–Crippen LogP) is 4.26. The Morgan fingerprint density at radius 2 is 1.75 bits per heavy atom. The summed E-state index contributed by atoms with van der Waals surface area (Å²) >= 11 is 6.13. The third-order valence-corrected chi connectivity index (χ3v) is 2.85. The van der Waals surface area contributed by atoms with Gasteiger partial charge >= 0.3 is 0 Å². The van der Waals surface area contributed by atoms with Gasteiger partial charge < -0.3 is 5.32 Å². The molecule has 0 aliphatic rings. The van der Waals surface area contributed by atoms with Crippen molar-refractivity contribution >= 4 is 17.3 Å². The maximum Gasteiger partial charge on any atom is 0.0640 e. The second-order valence-corrected chi connectivity index (χ2v) is 4.18. The van der Waals surface area contributed by atoms with Crippen molar-refractivity contribution in [1.29, 1.82) is 0 Å². The average Bonchev–Trinajstić information content (AvgIpc) is 2.30. The Bertz CT molecular complexity index is 445. The van der Waals surface area contributed by atoms with E-state index in [4.69, 9.17) is 11.6 Å². The molecule has 0 heterocycles. The van der Waals surface area contributed by atoms with E-state index in [0.717, 1.165) is 17.3 Å². The summed E-state index contributed by atoms with van der Waals surface area (Å²) in [4.78, 5) is 0. The molecular formula is C14H14ClN. The van der Waals surface area contributed by atoms with Crippen molar-refractivity contribution in [3.63, 3.8) is 0 Å². The van der Waals surface area contributed by atoms with Crippen LogP contribution in [0, 0.1) is 6.92 Å². The Balaban J connectivity index is 2.11. The molecular weight excluding hydrogens is 218 g/mol. The largest absolute Gasteiger partial charge is 0.380 e. The fourth-order valence-corrected chi connectivity index (χ4v) is 1.93. The number of hydrogen-bond donors (Lipinski definition) is 1. The summed E-state index contributed by atoms with van der Waals surface area (Å²) in [6, 6.07) is 16.2. The SMILES string of the molecule is Cc1cccc(Cl)c1NCc1ccccc1. The van der Waals surface area contributed by atoms with Crippen LogP contribution in [0.4, 0.5) is 5.69 Å². The Labute approximate surface area is 101 Å². The molecule has 2 aromatic carbocycles. The summed E-state index contributed by atoms with van der Waals surface area (Å²) < 4.78 is 0. The maximum atomic E-state index is 6.13. The van der Waals surface area contributed by atoms with Gasteiger partial charge in [-0.3, -0.25) is 0 Å². The Hall–Kier alpha value is -1.47. The minimum atomic E-state index is 0.774. The van der Waals surface area contributed by atoms with E-state index in [1.165, 1.54) is 11.1 Å². The standard InChI is InChI=1S/C14H14ClN/c1-11-6-5-9-13(15)14(11)16-10-12-7-3-2-4-8-12/h2-9,16H,10H2,1H3. The van der Waals surface area contributed by atoms with Gasteiger partial charge in [0.25, 0.3) is 0 Å². The topological polar surface area (TPSA) is 12.0 Å². The maximum absolute atomic E-state index is 6.13. The number of hydrogen-bond acceptors (Lipinski definition) is 1. The molecule has 2 heteroatoms. The van der Waals surface area contributed by atoms with E-state index in [1.54, 1.807) is 0 Å². The van der Waals surface area contributed by atoms with Gasteiger partial charge in [0.05, 0.1) is 10.7 Å². The number of rotatable bonds is 3. The number of nitrogens with one attached hydrogen (secondary N) is 1. The molecule has 0 radical (unpaired) electrons. The fourth-order valence-electron chi connectivity index (χ4n) is 1.64. The van der Waals surface area contributed by atoms with Crippen LogP contribution in [0.5, 0.6) is 0 Å². The summed E-state index contributed by atoms with van der Waals surface area (Å²) in [7, 11) is 0. The van der Waals surface area contributed by atoms with E-state index in [-0.39, 0.29) is 0 Å². The van der Waals surface area contributed by atoms with Gasteiger partial charge in [0.1, 0.15) is 0 Å². The molecule has 0 spiro atoms. The van der Waals surface area contributed by atoms with Gasteiger partial charge in [0.15, 0.2) is 0 Å². The van der Waals surface area contributed by atoms with E-state index < -0.39 is 0 Å². The van der Waals surface area contributed by atoms with Crippen LogP contribution in [0.2, 0.25) is 5.02 Å². The van der Waals surface area contributed by atoms with Gasteiger partial charge in [-0.15, -0.1) is 0 Å². The van der Waals surface area contributed by atoms with Crippen molar-refractivity contribution < 1.29 is 0 Å². The molecule has 0 fully saturated rings. The first-order valence-corrected chi connectivity index (χ1v) is 5.68. The smallest absolute Gasteiger partial charge is 0.0640 e. The Morgan fingerprint density at radius 3 is 2.44 bits per heavy atom. The van der Waals surface area contributed by atoms with Crippen LogP contribution in [0.1, 0.15) is 11.1 Å². The summed E-state index contributed by atoms with van der Waals surface area (Å²) in [5, 5.41) is 4.14. The van der Waals surface area contributed by atoms with E-state index in [9.17, 15) is 0 Å². The lowest BCUT2D eigenvalue weighted by Crippen LogP contribution is -2.01. The summed E-state index contributed by atoms with van der Waals surface area (Å²) in [5.74, 6) is 0. The monoisotopic (exact) mass is 231 g/mol. The second kappa shape index (κ2) is 5.04. The van der Waals surface area contributed by atoms with E-state index >= 15 is 0 Å². The number of benzene rings is 2. The number of halogens is 1. The Kier molecular flexibility index (Phi) is 3.47. The zero-order valence-corrected chi connectivity index (χ0v) is 9.96. The normalized spacial score (nSPS) is 10.1. The van der Waals surface area contributed by atoms with E-state index in [2.05, 4.69) is 30.4 Å². The van der Waals surface area contributed by atoms with Crippen LogP contribution >= 0.6 is 11.6 Å². The highest BCUT2D eigenvalue weighted by molar-refractivity contribution is 6.33. The zero-order valence-electron chi connectivity index (χ0n) is 9.20. The van der Waals surface area contributed by atoms with Crippen molar-refractivity contribution in [2.45, 2.75) is 13.5 Å². The molecule has 2 aromatic rings. The van der Waals surface area contributed by atoms with Gasteiger partial charge in [-0.2, -0.15) is 0 Å². The fraction of sp³-hybridized carbons (Fsp3) is 0.143. The van der Waals surface area contributed by atoms with Crippen LogP contribution in [0.15, 0.2) is 48.5 Å². The molecule has 82 valence electrons. The van der Waals surface area contributed by atoms with Gasteiger partial charge in [-0.1, -0.05) is 54.1 Å². The average molecular weight is 232 g/mol. The first-order valence-electron chi connectivity index (χ1n) is 5.30. The number of anilines is 1. The van der Waals surface area contributed by atoms with Crippen LogP contribution < -0.4 is 5.32 Å². The molecule has 0 aromatic heterocycles. The predicted molar refractivity (Wildman–Crippen MR) is 70.0 cm³/mol. The molecule has 0 saturated heterocycles. The molecule has 0 bridgehead atoms. The summed E-state index contributed by atoms with van der Waals surface area (Å²) in [5.41, 5.74) is 3.44. The van der Waals surface area contributed by atoms with Crippen LogP contribution in [0.25, 0.3) is 0 Å². The Morgan fingerprint density at radius 1 is 1.00 bits per heavy atom. The highest BCUT2D eigenvalue weighted by Crippen LogP contribution is 2.25. The van der Waals surface area contributed by atoms with E-state index in [0.29, 0.717) is 0 Å². The number of para-hydroxylation sites is 1. The molecule has 0 amide bonds. The van der Waals surface area contributed by atoms with Crippen LogP contribution in [0.3, 0.4) is 0 Å². The van der Waals surface area contributed by atoms with Crippen molar-refractivity contribution in [3.8, 4) is 0 Å². The van der Waals surface area contributed by atoms with Gasteiger partial charge in [0, 0.05) is 6.54 Å². The molecule has 0 aliphatic heterocycles. The summed E-state index contributed by atoms with van der Waals surface area (Å²) in [6.45, 7) is 2.85. The quantitative estimate of drug-likeness (QED) is 0.832. The third-order valence-electron chi connectivity index (χ3n) is 2.53. The van der Waals surface area contributed by atoms with Crippen LogP contribution in [-0.2, 0) is 6.54 Å². The number of aryl methyl sites for hydroxylation is 1. The van der Waals surface area contributed by atoms with Crippen molar-refractivity contribution in [2.24, 2.45) is 0 Å². The minimum absolute atomic E-state index is 0.774. The van der Waals surface area contributed by atoms with Gasteiger partial charge in [-0.25, -0.2) is 0 Å². The molecule has 0 aliphatic carbocycles. The molecule has 0 saturated carbocycles. The minimum Gasteiger partial charge on any atom is -0.380 e. The van der Waals surface area contributed by atoms with E-state index in [1.807, 2.05) is 30.3 Å². The molecule has 16 heavy (non-hydrogen) atoms. The molecule has 2 rings (SSSR count). The van der Waals surface area contributed by atoms with Gasteiger partial charge in [-0.05, 0) is 24.1 Å². The van der Waals surface area contributed by atoms with Crippen molar-refractivity contribution in [1.82, 2.24) is 0 Å². The zero-order chi connectivity index (χ0) is 11.4. The molecule has 1 nitrogen and oxygen atoms in total. The highest BCUT2D eigenvalue weighted by atomic mass is 35.5. The second-order valence-electron chi connectivity index (χ2n) is 3.77. The van der Waals surface area contributed by atoms with Gasteiger partial charge in [0.2, 0.25) is 0 Å². The van der Waals surface area contributed by atoms with Crippen molar-refractivity contribution in [2.75, 3.05) is 5.32 Å². The molecule has 1 N–H and O–H groups in total. The first-order chi connectivity index (χ1) is 7.77. The first kappa shape index (κ1) is 11.0. The molecule has 0 unspecified atom stereocenters. The van der Waals surface area contributed by atoms with Crippen LogP contribution in [-0.4, -0.2) is 0 Å². The molecule has 0 atom stereocenters. The lowest BCUT2D eigenvalue weighted by molar-refractivity contribution is 1.14. The van der Waals surface area contributed by atoms with Crippen molar-refractivity contribution in [3.05, 3.63) is 64.7 Å². The third kappa shape index (κ3) is 2.56. The lowest BCUT2D eigenvalue weighted by atomic mass is 10.2. The highest BCUT2D eigenvalue weighted by Gasteiger charge is 2.02. The summed E-state index contributed by atoms with van der Waals surface area (Å²) in [6.07, 6.45) is 0. The lowest BCUT2D eigenvalue weighted by Gasteiger charge is -2.11.